The predicted octanol–water partition coefficient (Wildman–Crippen LogP) is 4.60. The van der Waals surface area contributed by atoms with Gasteiger partial charge in [-0.25, -0.2) is 14.4 Å². The Morgan fingerprint density at radius 2 is 2.04 bits per heavy atom. The highest BCUT2D eigenvalue weighted by Crippen LogP contribution is 2.30. The summed E-state index contributed by atoms with van der Waals surface area (Å²) >= 11 is 1.32. The van der Waals surface area contributed by atoms with Crippen LogP contribution in [0.1, 0.15) is 11.1 Å². The smallest absolute Gasteiger partial charge is 0.234 e. The molecule has 1 amide bonds. The molecular formula is C20H17FN4OS. The SMILES string of the molecule is Cc1ccc(C)c(NC(=O)CSc2ncnc3c2[nH]c2ccc(F)cc23)c1. The van der Waals surface area contributed by atoms with E-state index in [0.29, 0.717) is 21.4 Å². The number of aromatic amines is 1. The Kier molecular flexibility index (Phi) is 4.53. The molecule has 0 saturated heterocycles. The lowest BCUT2D eigenvalue weighted by atomic mass is 10.1. The molecule has 2 N–H and O–H groups in total. The van der Waals surface area contributed by atoms with E-state index in [1.54, 1.807) is 6.07 Å². The molecule has 0 saturated carbocycles. The van der Waals surface area contributed by atoms with Crippen molar-refractivity contribution in [1.29, 1.82) is 0 Å². The van der Waals surface area contributed by atoms with Crippen LogP contribution in [0.15, 0.2) is 47.8 Å². The van der Waals surface area contributed by atoms with Gasteiger partial charge in [-0.05, 0) is 49.2 Å². The number of anilines is 1. The van der Waals surface area contributed by atoms with Crippen LogP contribution in [0.3, 0.4) is 0 Å². The average Bonchev–Trinajstić information content (AvgIpc) is 3.01. The van der Waals surface area contributed by atoms with Crippen molar-refractivity contribution in [3.63, 3.8) is 0 Å². The molecule has 7 heteroatoms. The second-order valence-corrected chi connectivity index (χ2v) is 7.34. The third-order valence-electron chi connectivity index (χ3n) is 4.32. The quantitative estimate of drug-likeness (QED) is 0.401. The number of amides is 1. The zero-order chi connectivity index (χ0) is 19.0. The molecule has 0 bridgehead atoms. The first kappa shape index (κ1) is 17.5. The van der Waals surface area contributed by atoms with Gasteiger partial charge in [0.25, 0.3) is 0 Å². The van der Waals surface area contributed by atoms with Gasteiger partial charge in [0.1, 0.15) is 22.7 Å². The van der Waals surface area contributed by atoms with Crippen LogP contribution in [0.4, 0.5) is 10.1 Å². The van der Waals surface area contributed by atoms with Gasteiger partial charge in [0, 0.05) is 16.6 Å². The summed E-state index contributed by atoms with van der Waals surface area (Å²) in [6.07, 6.45) is 1.44. The predicted molar refractivity (Wildman–Crippen MR) is 107 cm³/mol. The van der Waals surface area contributed by atoms with Crippen LogP contribution < -0.4 is 5.32 Å². The first-order valence-electron chi connectivity index (χ1n) is 8.43. The van der Waals surface area contributed by atoms with E-state index < -0.39 is 0 Å². The standard InChI is InChI=1S/C20H17FN4OS/c1-11-3-4-12(2)16(7-11)24-17(26)9-27-20-19-18(22-10-23-20)14-8-13(21)5-6-15(14)25-19/h3-8,10,25H,9H2,1-2H3,(H,24,26). The van der Waals surface area contributed by atoms with Crippen molar-refractivity contribution in [1.82, 2.24) is 15.0 Å². The van der Waals surface area contributed by atoms with Crippen molar-refractivity contribution in [2.24, 2.45) is 0 Å². The lowest BCUT2D eigenvalue weighted by molar-refractivity contribution is -0.113. The van der Waals surface area contributed by atoms with Gasteiger partial charge in [0.05, 0.1) is 11.3 Å². The zero-order valence-corrected chi connectivity index (χ0v) is 15.7. The minimum absolute atomic E-state index is 0.109. The fraction of sp³-hybridized carbons (Fsp3) is 0.150. The van der Waals surface area contributed by atoms with Crippen LogP contribution in [-0.4, -0.2) is 26.6 Å². The van der Waals surface area contributed by atoms with Crippen LogP contribution in [0, 0.1) is 19.7 Å². The summed E-state index contributed by atoms with van der Waals surface area (Å²) in [5, 5.41) is 4.30. The second kappa shape index (κ2) is 7.00. The average molecular weight is 380 g/mol. The molecule has 2 aromatic heterocycles. The molecule has 0 aliphatic carbocycles. The van der Waals surface area contributed by atoms with Gasteiger partial charge >= 0.3 is 0 Å². The Morgan fingerprint density at radius 3 is 2.89 bits per heavy atom. The van der Waals surface area contributed by atoms with Crippen LogP contribution >= 0.6 is 11.8 Å². The lowest BCUT2D eigenvalue weighted by Gasteiger charge is -2.09. The van der Waals surface area contributed by atoms with Crippen LogP contribution in [0.2, 0.25) is 0 Å². The normalized spacial score (nSPS) is 11.2. The topological polar surface area (TPSA) is 70.7 Å². The Morgan fingerprint density at radius 1 is 1.19 bits per heavy atom. The molecule has 4 rings (SSSR count). The molecule has 2 aromatic carbocycles. The number of hydrogen-bond acceptors (Lipinski definition) is 4. The number of carbonyl (C=O) groups is 1. The molecule has 4 aromatic rings. The molecule has 0 spiro atoms. The van der Waals surface area contributed by atoms with Crippen molar-refractivity contribution in [3.8, 4) is 0 Å². The number of rotatable bonds is 4. The third-order valence-corrected chi connectivity index (χ3v) is 5.31. The summed E-state index contributed by atoms with van der Waals surface area (Å²) in [5.41, 5.74) is 5.06. The number of hydrogen-bond donors (Lipinski definition) is 2. The van der Waals surface area contributed by atoms with E-state index in [9.17, 15) is 9.18 Å². The van der Waals surface area contributed by atoms with Crippen molar-refractivity contribution in [2.75, 3.05) is 11.1 Å². The van der Waals surface area contributed by atoms with E-state index in [-0.39, 0.29) is 17.5 Å². The largest absolute Gasteiger partial charge is 0.351 e. The summed E-state index contributed by atoms with van der Waals surface area (Å²) in [4.78, 5) is 24.1. The van der Waals surface area contributed by atoms with Crippen LogP contribution in [0.5, 0.6) is 0 Å². The summed E-state index contributed by atoms with van der Waals surface area (Å²) in [5.74, 6) is -0.213. The monoisotopic (exact) mass is 380 g/mol. The van der Waals surface area contributed by atoms with Crippen molar-refractivity contribution in [2.45, 2.75) is 18.9 Å². The maximum atomic E-state index is 13.5. The molecule has 0 radical (unpaired) electrons. The van der Waals surface area contributed by atoms with E-state index in [2.05, 4.69) is 20.3 Å². The summed E-state index contributed by atoms with van der Waals surface area (Å²) in [6.45, 7) is 3.94. The minimum atomic E-state index is -0.316. The molecule has 0 aliphatic heterocycles. The van der Waals surface area contributed by atoms with E-state index in [4.69, 9.17) is 0 Å². The third kappa shape index (κ3) is 3.50. The number of thioether (sulfide) groups is 1. The number of fused-ring (bicyclic) bond motifs is 3. The molecule has 0 unspecified atom stereocenters. The highest BCUT2D eigenvalue weighted by molar-refractivity contribution is 8.00. The number of nitrogens with zero attached hydrogens (tertiary/aromatic N) is 2. The van der Waals surface area contributed by atoms with E-state index in [1.807, 2.05) is 32.0 Å². The Hall–Kier alpha value is -2.93. The van der Waals surface area contributed by atoms with Crippen molar-refractivity contribution in [3.05, 3.63) is 59.7 Å². The molecule has 0 aliphatic rings. The summed E-state index contributed by atoms with van der Waals surface area (Å²) < 4.78 is 13.5. The zero-order valence-electron chi connectivity index (χ0n) is 14.8. The van der Waals surface area contributed by atoms with Gasteiger partial charge < -0.3 is 10.3 Å². The number of aromatic nitrogens is 3. The number of halogens is 1. The van der Waals surface area contributed by atoms with Gasteiger partial charge in [0.2, 0.25) is 5.91 Å². The maximum Gasteiger partial charge on any atom is 0.234 e. The number of H-pyrrole nitrogens is 1. The molecule has 136 valence electrons. The molecule has 0 fully saturated rings. The highest BCUT2D eigenvalue weighted by Gasteiger charge is 2.13. The molecular weight excluding hydrogens is 363 g/mol. The van der Waals surface area contributed by atoms with Crippen LogP contribution in [0.25, 0.3) is 21.9 Å². The van der Waals surface area contributed by atoms with Gasteiger partial charge in [-0.3, -0.25) is 4.79 Å². The number of carbonyl (C=O) groups excluding carboxylic acids is 1. The lowest BCUT2D eigenvalue weighted by Crippen LogP contribution is -2.15. The fourth-order valence-corrected chi connectivity index (χ4v) is 3.70. The Balaban J connectivity index is 1.56. The van der Waals surface area contributed by atoms with Gasteiger partial charge in [-0.1, -0.05) is 23.9 Å². The second-order valence-electron chi connectivity index (χ2n) is 6.37. The minimum Gasteiger partial charge on any atom is -0.351 e. The molecule has 5 nitrogen and oxygen atoms in total. The first-order valence-corrected chi connectivity index (χ1v) is 9.41. The van der Waals surface area contributed by atoms with Crippen molar-refractivity contribution >= 4 is 45.3 Å². The number of nitrogens with one attached hydrogen (secondary N) is 2. The number of benzene rings is 2. The van der Waals surface area contributed by atoms with Gasteiger partial charge in [-0.15, -0.1) is 0 Å². The fourth-order valence-electron chi connectivity index (χ4n) is 2.94. The van der Waals surface area contributed by atoms with E-state index in [1.165, 1.54) is 30.2 Å². The molecule has 0 atom stereocenters. The summed E-state index contributed by atoms with van der Waals surface area (Å²) in [7, 11) is 0. The summed E-state index contributed by atoms with van der Waals surface area (Å²) in [6, 6.07) is 10.5. The van der Waals surface area contributed by atoms with Gasteiger partial charge in [0.15, 0.2) is 0 Å². The Labute approximate surface area is 159 Å². The van der Waals surface area contributed by atoms with E-state index >= 15 is 0 Å². The first-order chi connectivity index (χ1) is 13.0. The van der Waals surface area contributed by atoms with Gasteiger partial charge in [-0.2, -0.15) is 0 Å². The number of aryl methyl sites for hydroxylation is 2. The van der Waals surface area contributed by atoms with E-state index in [0.717, 1.165) is 22.3 Å². The highest BCUT2D eigenvalue weighted by atomic mass is 32.2. The maximum absolute atomic E-state index is 13.5. The van der Waals surface area contributed by atoms with Crippen LogP contribution in [-0.2, 0) is 4.79 Å². The molecule has 2 heterocycles. The Bertz CT molecular complexity index is 1170. The van der Waals surface area contributed by atoms with Crippen molar-refractivity contribution < 1.29 is 9.18 Å². The molecule has 27 heavy (non-hydrogen) atoms.